The summed E-state index contributed by atoms with van der Waals surface area (Å²) in [6.07, 6.45) is 5.01. The van der Waals surface area contributed by atoms with Crippen LogP contribution in [0.5, 0.6) is 5.75 Å². The molecule has 104 valence electrons. The summed E-state index contributed by atoms with van der Waals surface area (Å²) in [6, 6.07) is 7.91. The van der Waals surface area contributed by atoms with Crippen molar-refractivity contribution in [2.45, 2.75) is 45.6 Å². The van der Waals surface area contributed by atoms with Crippen LogP contribution >= 0.6 is 0 Å². The summed E-state index contributed by atoms with van der Waals surface area (Å²) in [5.74, 6) is 0.554. The molecule has 0 amide bonds. The molecule has 0 aromatic heterocycles. The third-order valence-electron chi connectivity index (χ3n) is 3.47. The van der Waals surface area contributed by atoms with Crippen molar-refractivity contribution in [2.24, 2.45) is 0 Å². The number of carbonyl (C=O) groups is 1. The fraction of sp³-hybridized carbons (Fsp3) is 0.562. The molecule has 0 unspecified atom stereocenters. The van der Waals surface area contributed by atoms with Crippen LogP contribution in [0, 0.1) is 0 Å². The van der Waals surface area contributed by atoms with Crippen LogP contribution in [0.3, 0.4) is 0 Å². The molecule has 0 bridgehead atoms. The number of rotatable bonds is 6. The highest BCUT2D eigenvalue weighted by Gasteiger charge is 2.12. The molecular weight excluding hydrogens is 238 g/mol. The van der Waals surface area contributed by atoms with Gasteiger partial charge in [0, 0.05) is 13.0 Å². The number of hydrogen-bond acceptors (Lipinski definition) is 3. The van der Waals surface area contributed by atoms with Crippen molar-refractivity contribution >= 4 is 5.97 Å². The van der Waals surface area contributed by atoms with Crippen LogP contribution in [0.2, 0.25) is 0 Å². The quantitative estimate of drug-likeness (QED) is 0.581. The van der Waals surface area contributed by atoms with Gasteiger partial charge in [0.25, 0.3) is 0 Å². The van der Waals surface area contributed by atoms with E-state index in [0.717, 1.165) is 19.4 Å². The summed E-state index contributed by atoms with van der Waals surface area (Å²) in [7, 11) is 0. The zero-order valence-corrected chi connectivity index (χ0v) is 11.7. The summed E-state index contributed by atoms with van der Waals surface area (Å²) in [5, 5.41) is 0. The lowest BCUT2D eigenvalue weighted by molar-refractivity contribution is -0.134. The van der Waals surface area contributed by atoms with Gasteiger partial charge < -0.3 is 4.74 Å². The molecule has 3 heteroatoms. The molecule has 1 aromatic rings. The van der Waals surface area contributed by atoms with E-state index in [2.05, 4.69) is 17.9 Å². The predicted molar refractivity (Wildman–Crippen MR) is 76.1 cm³/mol. The fourth-order valence-corrected chi connectivity index (χ4v) is 2.41. The Morgan fingerprint density at radius 3 is 2.84 bits per heavy atom. The monoisotopic (exact) mass is 261 g/mol. The lowest BCUT2D eigenvalue weighted by atomic mass is 10.2. The van der Waals surface area contributed by atoms with Crippen molar-refractivity contribution < 1.29 is 9.53 Å². The van der Waals surface area contributed by atoms with Gasteiger partial charge >= 0.3 is 5.97 Å². The average Bonchev–Trinajstić information content (AvgIpc) is 2.89. The first-order valence-electron chi connectivity index (χ1n) is 7.30. The van der Waals surface area contributed by atoms with Crippen LogP contribution in [0.15, 0.2) is 24.3 Å². The van der Waals surface area contributed by atoms with E-state index in [1.807, 2.05) is 18.2 Å². The second-order valence-electron chi connectivity index (χ2n) is 5.21. The molecule has 0 atom stereocenters. The average molecular weight is 261 g/mol. The van der Waals surface area contributed by atoms with E-state index in [0.29, 0.717) is 12.2 Å². The highest BCUT2D eigenvalue weighted by molar-refractivity contribution is 5.72. The van der Waals surface area contributed by atoms with Crippen molar-refractivity contribution in [1.82, 2.24) is 4.90 Å². The summed E-state index contributed by atoms with van der Waals surface area (Å²) in [6.45, 7) is 5.39. The van der Waals surface area contributed by atoms with E-state index in [-0.39, 0.29) is 5.97 Å². The Kier molecular flexibility index (Phi) is 5.40. The summed E-state index contributed by atoms with van der Waals surface area (Å²) >= 11 is 0. The predicted octanol–water partition coefficient (Wildman–Crippen LogP) is 3.38. The molecule has 1 aliphatic rings. The first-order chi connectivity index (χ1) is 9.28. The minimum atomic E-state index is -0.125. The van der Waals surface area contributed by atoms with Crippen molar-refractivity contribution in [3.63, 3.8) is 0 Å². The summed E-state index contributed by atoms with van der Waals surface area (Å²) in [4.78, 5) is 14.0. The molecule has 19 heavy (non-hydrogen) atoms. The molecule has 3 nitrogen and oxygen atoms in total. The number of hydrogen-bond donors (Lipinski definition) is 0. The van der Waals surface area contributed by atoms with E-state index in [1.165, 1.54) is 31.5 Å². The van der Waals surface area contributed by atoms with Crippen molar-refractivity contribution in [3.8, 4) is 5.75 Å². The van der Waals surface area contributed by atoms with Gasteiger partial charge in [-0.15, -0.1) is 0 Å². The maximum absolute atomic E-state index is 11.6. The third kappa shape index (κ3) is 4.67. The van der Waals surface area contributed by atoms with Gasteiger partial charge in [-0.3, -0.25) is 9.69 Å². The summed E-state index contributed by atoms with van der Waals surface area (Å²) in [5.41, 5.74) is 1.22. The van der Waals surface area contributed by atoms with Gasteiger partial charge in [0.1, 0.15) is 5.75 Å². The van der Waals surface area contributed by atoms with E-state index >= 15 is 0 Å². The fourth-order valence-electron chi connectivity index (χ4n) is 2.41. The van der Waals surface area contributed by atoms with Gasteiger partial charge in [0.2, 0.25) is 0 Å². The van der Waals surface area contributed by atoms with Crippen LogP contribution in [0.1, 0.15) is 44.6 Å². The SMILES string of the molecule is CCCCC(=O)Oc1cccc(CN2CCCC2)c1. The van der Waals surface area contributed by atoms with Gasteiger partial charge in [-0.1, -0.05) is 25.5 Å². The van der Waals surface area contributed by atoms with Crippen LogP contribution in [-0.2, 0) is 11.3 Å². The molecule has 1 fully saturated rings. The van der Waals surface area contributed by atoms with Crippen LogP contribution in [-0.4, -0.2) is 24.0 Å². The number of nitrogens with zero attached hydrogens (tertiary/aromatic N) is 1. The lowest BCUT2D eigenvalue weighted by Crippen LogP contribution is -2.18. The number of unbranched alkanes of at least 4 members (excludes halogenated alkanes) is 1. The van der Waals surface area contributed by atoms with Crippen molar-refractivity contribution in [2.75, 3.05) is 13.1 Å². The molecule has 0 spiro atoms. The minimum absolute atomic E-state index is 0.125. The van der Waals surface area contributed by atoms with E-state index in [1.54, 1.807) is 0 Å². The van der Waals surface area contributed by atoms with Gasteiger partial charge in [0.05, 0.1) is 0 Å². The Balaban J connectivity index is 1.88. The van der Waals surface area contributed by atoms with E-state index in [9.17, 15) is 4.79 Å². The first-order valence-corrected chi connectivity index (χ1v) is 7.30. The van der Waals surface area contributed by atoms with Gasteiger partial charge in [-0.05, 0) is 50.0 Å². The van der Waals surface area contributed by atoms with Crippen molar-refractivity contribution in [3.05, 3.63) is 29.8 Å². The standard InChI is InChI=1S/C16H23NO2/c1-2-3-9-16(18)19-15-8-6-7-14(12-15)13-17-10-4-5-11-17/h6-8,12H,2-5,9-11,13H2,1H3. The zero-order chi connectivity index (χ0) is 13.5. The third-order valence-corrected chi connectivity index (χ3v) is 3.47. The number of ether oxygens (including phenoxy) is 1. The minimum Gasteiger partial charge on any atom is -0.427 e. The molecule has 1 heterocycles. The van der Waals surface area contributed by atoms with E-state index in [4.69, 9.17) is 4.74 Å². The highest BCUT2D eigenvalue weighted by Crippen LogP contribution is 2.18. The molecule has 0 saturated carbocycles. The lowest BCUT2D eigenvalue weighted by Gasteiger charge is -2.15. The molecule has 2 rings (SSSR count). The van der Waals surface area contributed by atoms with Crippen LogP contribution < -0.4 is 4.74 Å². The molecule has 0 aliphatic carbocycles. The second kappa shape index (κ2) is 7.29. The maximum Gasteiger partial charge on any atom is 0.311 e. The number of carbonyl (C=O) groups excluding carboxylic acids is 1. The molecule has 1 aromatic carbocycles. The Bertz CT molecular complexity index is 411. The van der Waals surface area contributed by atoms with Gasteiger partial charge in [-0.2, -0.15) is 0 Å². The molecule has 1 aliphatic heterocycles. The Morgan fingerprint density at radius 1 is 1.32 bits per heavy atom. The number of likely N-dealkylation sites (tertiary alicyclic amines) is 1. The summed E-state index contributed by atoms with van der Waals surface area (Å²) < 4.78 is 5.36. The molecule has 1 saturated heterocycles. The van der Waals surface area contributed by atoms with Gasteiger partial charge in [-0.25, -0.2) is 0 Å². The molecular formula is C16H23NO2. The number of esters is 1. The number of benzene rings is 1. The molecule has 0 N–H and O–H groups in total. The van der Waals surface area contributed by atoms with Crippen LogP contribution in [0.25, 0.3) is 0 Å². The first kappa shape index (κ1) is 14.1. The highest BCUT2D eigenvalue weighted by atomic mass is 16.5. The van der Waals surface area contributed by atoms with E-state index < -0.39 is 0 Å². The Hall–Kier alpha value is -1.35. The van der Waals surface area contributed by atoms with Crippen LogP contribution in [0.4, 0.5) is 0 Å². The normalized spacial score (nSPS) is 15.6. The molecule has 0 radical (unpaired) electrons. The Morgan fingerprint density at radius 2 is 2.11 bits per heavy atom. The zero-order valence-electron chi connectivity index (χ0n) is 11.7. The van der Waals surface area contributed by atoms with Crippen molar-refractivity contribution in [1.29, 1.82) is 0 Å². The Labute approximate surface area is 115 Å². The topological polar surface area (TPSA) is 29.5 Å². The maximum atomic E-state index is 11.6. The smallest absolute Gasteiger partial charge is 0.311 e. The largest absolute Gasteiger partial charge is 0.427 e. The second-order valence-corrected chi connectivity index (χ2v) is 5.21. The van der Waals surface area contributed by atoms with Gasteiger partial charge in [0.15, 0.2) is 0 Å².